The Balaban J connectivity index is 1.89. The first-order valence-corrected chi connectivity index (χ1v) is 9.86. The van der Waals surface area contributed by atoms with Crippen molar-refractivity contribution in [2.45, 2.75) is 38.8 Å². The van der Waals surface area contributed by atoms with Crippen molar-refractivity contribution in [1.29, 1.82) is 0 Å². The molecular formula is C23H27N3O3. The van der Waals surface area contributed by atoms with Crippen molar-refractivity contribution in [1.82, 2.24) is 15.5 Å². The summed E-state index contributed by atoms with van der Waals surface area (Å²) in [7, 11) is 0. The topological polar surface area (TPSA) is 78.5 Å². The largest absolute Gasteiger partial charge is 0.352 e. The molecule has 152 valence electrons. The van der Waals surface area contributed by atoms with Gasteiger partial charge in [-0.25, -0.2) is 4.79 Å². The third-order valence-electron chi connectivity index (χ3n) is 5.44. The number of nitrogens with one attached hydrogen (secondary N) is 2. The Bertz CT molecular complexity index is 883. The Hall–Kier alpha value is -3.15. The van der Waals surface area contributed by atoms with Crippen LogP contribution in [0, 0.1) is 5.92 Å². The predicted octanol–water partition coefficient (Wildman–Crippen LogP) is 2.84. The van der Waals surface area contributed by atoms with Gasteiger partial charge >= 0.3 is 6.03 Å². The first-order valence-electron chi connectivity index (χ1n) is 9.86. The maximum atomic E-state index is 13.5. The van der Waals surface area contributed by atoms with E-state index in [0.717, 1.165) is 10.5 Å². The quantitative estimate of drug-likeness (QED) is 0.710. The van der Waals surface area contributed by atoms with Crippen LogP contribution in [-0.2, 0) is 21.5 Å². The molecule has 2 unspecified atom stereocenters. The van der Waals surface area contributed by atoms with Gasteiger partial charge in [0.1, 0.15) is 6.54 Å². The highest BCUT2D eigenvalue weighted by atomic mass is 16.2. The molecule has 4 amide bonds. The lowest BCUT2D eigenvalue weighted by Gasteiger charge is -2.27. The van der Waals surface area contributed by atoms with E-state index in [4.69, 9.17) is 0 Å². The number of hydrogen-bond acceptors (Lipinski definition) is 3. The fourth-order valence-corrected chi connectivity index (χ4v) is 3.42. The molecule has 0 aliphatic carbocycles. The van der Waals surface area contributed by atoms with E-state index in [1.807, 2.05) is 81.4 Å². The van der Waals surface area contributed by atoms with Gasteiger partial charge in [-0.1, -0.05) is 74.5 Å². The minimum Gasteiger partial charge on any atom is -0.352 e. The summed E-state index contributed by atoms with van der Waals surface area (Å²) in [6.45, 7) is 5.60. The second kappa shape index (κ2) is 8.47. The van der Waals surface area contributed by atoms with Crippen molar-refractivity contribution >= 4 is 17.8 Å². The van der Waals surface area contributed by atoms with Crippen LogP contribution in [0.15, 0.2) is 60.7 Å². The van der Waals surface area contributed by atoms with Gasteiger partial charge in [0.25, 0.3) is 5.91 Å². The van der Waals surface area contributed by atoms with Crippen molar-refractivity contribution in [2.24, 2.45) is 5.92 Å². The molecular weight excluding hydrogens is 366 g/mol. The minimum atomic E-state index is -1.23. The number of nitrogens with zero attached hydrogens (tertiary/aromatic N) is 1. The summed E-state index contributed by atoms with van der Waals surface area (Å²) in [6, 6.07) is 18.1. The molecule has 2 N–H and O–H groups in total. The van der Waals surface area contributed by atoms with Crippen LogP contribution in [0.4, 0.5) is 4.79 Å². The Morgan fingerprint density at radius 1 is 1.00 bits per heavy atom. The van der Waals surface area contributed by atoms with E-state index in [1.54, 1.807) is 0 Å². The van der Waals surface area contributed by atoms with Gasteiger partial charge in [0.2, 0.25) is 5.91 Å². The molecule has 1 heterocycles. The van der Waals surface area contributed by atoms with E-state index in [-0.39, 0.29) is 24.4 Å². The Labute approximate surface area is 171 Å². The predicted molar refractivity (Wildman–Crippen MR) is 111 cm³/mol. The number of amides is 4. The first-order chi connectivity index (χ1) is 13.8. The van der Waals surface area contributed by atoms with Crippen LogP contribution < -0.4 is 10.6 Å². The molecule has 2 aromatic carbocycles. The molecule has 0 aromatic heterocycles. The van der Waals surface area contributed by atoms with Crippen molar-refractivity contribution in [3.63, 3.8) is 0 Å². The fraction of sp³-hybridized carbons (Fsp3) is 0.348. The zero-order valence-corrected chi connectivity index (χ0v) is 17.0. The van der Waals surface area contributed by atoms with Crippen molar-refractivity contribution in [3.8, 4) is 0 Å². The van der Waals surface area contributed by atoms with E-state index >= 15 is 0 Å². The van der Waals surface area contributed by atoms with Gasteiger partial charge in [0, 0.05) is 12.5 Å². The molecule has 6 heteroatoms. The number of urea groups is 1. The average molecular weight is 393 g/mol. The summed E-state index contributed by atoms with van der Waals surface area (Å²) in [4.78, 5) is 39.6. The second-order valence-electron chi connectivity index (χ2n) is 7.86. The smallest absolute Gasteiger partial charge is 0.325 e. The number of imide groups is 1. The minimum absolute atomic E-state index is 0.0496. The normalized spacial score (nSPS) is 19.9. The molecule has 0 saturated carbocycles. The zero-order chi connectivity index (χ0) is 21.0. The molecule has 1 aliphatic rings. The van der Waals surface area contributed by atoms with E-state index in [2.05, 4.69) is 10.6 Å². The number of benzene rings is 2. The van der Waals surface area contributed by atoms with Crippen LogP contribution >= 0.6 is 0 Å². The number of carbonyl (C=O) groups excluding carboxylic acids is 3. The van der Waals surface area contributed by atoms with Gasteiger partial charge in [-0.2, -0.15) is 0 Å². The van der Waals surface area contributed by atoms with Gasteiger partial charge in [-0.15, -0.1) is 0 Å². The van der Waals surface area contributed by atoms with Gasteiger partial charge in [0.05, 0.1) is 0 Å². The zero-order valence-electron chi connectivity index (χ0n) is 17.0. The highest BCUT2D eigenvalue weighted by molar-refractivity contribution is 6.09. The van der Waals surface area contributed by atoms with E-state index < -0.39 is 17.5 Å². The molecule has 0 bridgehead atoms. The molecule has 1 aliphatic heterocycles. The lowest BCUT2D eigenvalue weighted by atomic mass is 9.83. The SMILES string of the molecule is CC(C)C(C)NC(=O)CN1C(=O)NC(Cc2ccccc2)(c2ccccc2)C1=O. The van der Waals surface area contributed by atoms with Crippen molar-refractivity contribution in [2.75, 3.05) is 6.54 Å². The summed E-state index contributed by atoms with van der Waals surface area (Å²) >= 11 is 0. The molecule has 1 fully saturated rings. The molecule has 6 nitrogen and oxygen atoms in total. The molecule has 3 rings (SSSR count). The maximum Gasteiger partial charge on any atom is 0.325 e. The molecule has 0 radical (unpaired) electrons. The van der Waals surface area contributed by atoms with Crippen molar-refractivity contribution < 1.29 is 14.4 Å². The van der Waals surface area contributed by atoms with Crippen LogP contribution in [0.25, 0.3) is 0 Å². The van der Waals surface area contributed by atoms with E-state index in [0.29, 0.717) is 12.0 Å². The monoisotopic (exact) mass is 393 g/mol. The summed E-state index contributed by atoms with van der Waals surface area (Å²) in [5.74, 6) is -0.508. The maximum absolute atomic E-state index is 13.5. The summed E-state index contributed by atoms with van der Waals surface area (Å²) in [6.07, 6.45) is 0.308. The van der Waals surface area contributed by atoms with Crippen molar-refractivity contribution in [3.05, 3.63) is 71.8 Å². The second-order valence-corrected chi connectivity index (χ2v) is 7.86. The Kier molecular flexibility index (Phi) is 6.01. The fourth-order valence-electron chi connectivity index (χ4n) is 3.42. The van der Waals surface area contributed by atoms with Gasteiger partial charge in [-0.3, -0.25) is 14.5 Å². The average Bonchev–Trinajstić information content (AvgIpc) is 2.94. The lowest BCUT2D eigenvalue weighted by Crippen LogP contribution is -2.47. The van der Waals surface area contributed by atoms with Crippen LogP contribution in [0.3, 0.4) is 0 Å². The summed E-state index contributed by atoms with van der Waals surface area (Å²) in [5, 5.41) is 5.72. The van der Waals surface area contributed by atoms with Gasteiger partial charge in [-0.05, 0) is 24.0 Å². The van der Waals surface area contributed by atoms with Crippen LogP contribution in [0.5, 0.6) is 0 Å². The first kappa shape index (κ1) is 20.6. The van der Waals surface area contributed by atoms with Crippen LogP contribution in [0.1, 0.15) is 31.9 Å². The van der Waals surface area contributed by atoms with Gasteiger partial charge in [0.15, 0.2) is 5.54 Å². The number of hydrogen-bond donors (Lipinski definition) is 2. The molecule has 1 saturated heterocycles. The molecule has 0 spiro atoms. The lowest BCUT2D eigenvalue weighted by molar-refractivity contribution is -0.135. The highest BCUT2D eigenvalue weighted by Crippen LogP contribution is 2.32. The van der Waals surface area contributed by atoms with Crippen LogP contribution in [-0.4, -0.2) is 35.3 Å². The van der Waals surface area contributed by atoms with E-state index in [9.17, 15) is 14.4 Å². The molecule has 2 atom stereocenters. The van der Waals surface area contributed by atoms with Gasteiger partial charge < -0.3 is 10.6 Å². The standard InChI is InChI=1S/C23H27N3O3/c1-16(2)17(3)24-20(27)15-26-21(28)23(25-22(26)29,19-12-8-5-9-13-19)14-18-10-6-4-7-11-18/h4-13,16-17H,14-15H2,1-3H3,(H,24,27)(H,25,29). The third kappa shape index (κ3) is 4.31. The molecule has 2 aromatic rings. The number of carbonyl (C=O) groups is 3. The summed E-state index contributed by atoms with van der Waals surface area (Å²) < 4.78 is 0. The van der Waals surface area contributed by atoms with Crippen LogP contribution in [0.2, 0.25) is 0 Å². The molecule has 29 heavy (non-hydrogen) atoms. The van der Waals surface area contributed by atoms with E-state index in [1.165, 1.54) is 0 Å². The Morgan fingerprint density at radius 3 is 2.17 bits per heavy atom. The third-order valence-corrected chi connectivity index (χ3v) is 5.44. The Morgan fingerprint density at radius 2 is 1.59 bits per heavy atom. The summed E-state index contributed by atoms with van der Waals surface area (Å²) in [5.41, 5.74) is 0.384. The highest BCUT2D eigenvalue weighted by Gasteiger charge is 2.52. The number of rotatable bonds is 7.